The van der Waals surface area contributed by atoms with Crippen LogP contribution in [0.2, 0.25) is 0 Å². The van der Waals surface area contributed by atoms with Gasteiger partial charge in [0, 0.05) is 18.5 Å². The molecule has 0 atom stereocenters. The average molecular weight is 276 g/mol. The number of nitrogens with one attached hydrogen (secondary N) is 2. The number of nitrogens with two attached hydrogens (primary N) is 1. The van der Waals surface area contributed by atoms with Crippen LogP contribution < -0.4 is 21.3 Å². The molecule has 7 heteroatoms. The number of nitrogen functional groups attached to an aromatic ring is 1. The van der Waals surface area contributed by atoms with E-state index in [1.165, 1.54) is 37.7 Å². The van der Waals surface area contributed by atoms with Crippen LogP contribution in [-0.2, 0) is 0 Å². The van der Waals surface area contributed by atoms with Crippen molar-refractivity contribution in [2.45, 2.75) is 0 Å². The Balaban J connectivity index is 2.28. The molecular formula is C13H13FN4O2. The van der Waals surface area contributed by atoms with Crippen molar-refractivity contribution in [3.05, 3.63) is 48.0 Å². The van der Waals surface area contributed by atoms with Crippen molar-refractivity contribution in [3.63, 3.8) is 0 Å². The summed E-state index contributed by atoms with van der Waals surface area (Å²) in [6.45, 7) is 0. The van der Waals surface area contributed by atoms with Crippen LogP contribution in [0.15, 0.2) is 36.7 Å². The van der Waals surface area contributed by atoms with E-state index in [1.807, 2.05) is 0 Å². The second-order valence-electron chi connectivity index (χ2n) is 3.86. The highest BCUT2D eigenvalue weighted by atomic mass is 19.1. The molecule has 0 aliphatic rings. The van der Waals surface area contributed by atoms with Crippen LogP contribution in [0.3, 0.4) is 0 Å². The summed E-state index contributed by atoms with van der Waals surface area (Å²) in [6, 6.07) is 5.39. The van der Waals surface area contributed by atoms with Gasteiger partial charge in [-0.3, -0.25) is 15.6 Å². The Kier molecular flexibility index (Phi) is 4.11. The van der Waals surface area contributed by atoms with Crippen molar-refractivity contribution in [3.8, 4) is 5.75 Å². The van der Waals surface area contributed by atoms with E-state index in [2.05, 4.69) is 15.7 Å². The van der Waals surface area contributed by atoms with E-state index in [0.29, 0.717) is 11.4 Å². The number of hydrazine groups is 1. The number of halogens is 1. The molecule has 1 aromatic carbocycles. The Hall–Kier alpha value is -2.67. The fourth-order valence-electron chi connectivity index (χ4n) is 1.66. The van der Waals surface area contributed by atoms with Gasteiger partial charge in [0.1, 0.15) is 11.6 Å². The Morgan fingerprint density at radius 1 is 1.35 bits per heavy atom. The van der Waals surface area contributed by atoms with E-state index in [0.717, 1.165) is 0 Å². The lowest BCUT2D eigenvalue weighted by atomic mass is 10.2. The number of nitrogens with zero attached hydrogens (tertiary/aromatic N) is 1. The molecule has 2 rings (SSSR count). The highest BCUT2D eigenvalue weighted by Gasteiger charge is 2.13. The van der Waals surface area contributed by atoms with Gasteiger partial charge in [0.15, 0.2) is 0 Å². The zero-order valence-electron chi connectivity index (χ0n) is 10.7. The summed E-state index contributed by atoms with van der Waals surface area (Å²) >= 11 is 0. The first-order valence-electron chi connectivity index (χ1n) is 5.71. The molecule has 0 unspecified atom stereocenters. The average Bonchev–Trinajstić information content (AvgIpc) is 2.48. The highest BCUT2D eigenvalue weighted by Crippen LogP contribution is 2.26. The molecule has 0 saturated carbocycles. The number of benzene rings is 1. The van der Waals surface area contributed by atoms with Crippen molar-refractivity contribution in [2.24, 2.45) is 5.84 Å². The van der Waals surface area contributed by atoms with Gasteiger partial charge in [-0.15, -0.1) is 0 Å². The van der Waals surface area contributed by atoms with E-state index in [-0.39, 0.29) is 11.3 Å². The van der Waals surface area contributed by atoms with Gasteiger partial charge in [0.25, 0.3) is 5.91 Å². The first kappa shape index (κ1) is 13.8. The van der Waals surface area contributed by atoms with Gasteiger partial charge < -0.3 is 15.5 Å². The van der Waals surface area contributed by atoms with Crippen LogP contribution in [0, 0.1) is 5.82 Å². The minimum absolute atomic E-state index is 0.226. The molecule has 6 nitrogen and oxygen atoms in total. The second-order valence-corrected chi connectivity index (χ2v) is 3.86. The summed E-state index contributed by atoms with van der Waals surface area (Å²) < 4.78 is 18.1. The quantitative estimate of drug-likeness (QED) is 0.585. The number of carbonyl (C=O) groups is 1. The number of ether oxygens (including phenoxy) is 1. The van der Waals surface area contributed by atoms with E-state index in [1.54, 1.807) is 6.07 Å². The van der Waals surface area contributed by atoms with Crippen molar-refractivity contribution < 1.29 is 13.9 Å². The third kappa shape index (κ3) is 2.83. The molecule has 0 aliphatic carbocycles. The van der Waals surface area contributed by atoms with Crippen molar-refractivity contribution in [1.82, 2.24) is 4.98 Å². The van der Waals surface area contributed by atoms with Crippen molar-refractivity contribution >= 4 is 17.3 Å². The Labute approximate surface area is 114 Å². The van der Waals surface area contributed by atoms with E-state index >= 15 is 0 Å². The number of methoxy groups -OCH3 is 1. The van der Waals surface area contributed by atoms with Crippen LogP contribution in [-0.4, -0.2) is 18.0 Å². The van der Waals surface area contributed by atoms with Gasteiger partial charge in [-0.25, -0.2) is 4.39 Å². The minimum Gasteiger partial charge on any atom is -0.494 e. The number of hydrogen-bond acceptors (Lipinski definition) is 5. The van der Waals surface area contributed by atoms with Crippen molar-refractivity contribution in [1.29, 1.82) is 0 Å². The number of anilines is 2. The second kappa shape index (κ2) is 5.98. The molecule has 2 aromatic rings. The van der Waals surface area contributed by atoms with Gasteiger partial charge in [0.05, 0.1) is 24.0 Å². The maximum atomic E-state index is 13.1. The smallest absolute Gasteiger partial charge is 0.259 e. The fourth-order valence-corrected chi connectivity index (χ4v) is 1.66. The predicted octanol–water partition coefficient (Wildman–Crippen LogP) is 1.77. The predicted molar refractivity (Wildman–Crippen MR) is 73.0 cm³/mol. The molecule has 20 heavy (non-hydrogen) atoms. The normalized spacial score (nSPS) is 9.95. The summed E-state index contributed by atoms with van der Waals surface area (Å²) in [5, 5.41) is 2.61. The van der Waals surface area contributed by atoms with Crippen LogP contribution in [0.4, 0.5) is 15.8 Å². The Bertz CT molecular complexity index is 634. The van der Waals surface area contributed by atoms with Crippen LogP contribution in [0.5, 0.6) is 5.75 Å². The third-order valence-electron chi connectivity index (χ3n) is 2.63. The molecule has 0 spiro atoms. The van der Waals surface area contributed by atoms with Crippen LogP contribution >= 0.6 is 0 Å². The molecule has 104 valence electrons. The van der Waals surface area contributed by atoms with Crippen LogP contribution in [0.1, 0.15) is 10.4 Å². The summed E-state index contributed by atoms with van der Waals surface area (Å²) in [5.74, 6) is 4.66. The fraction of sp³-hybridized carbons (Fsp3) is 0.0769. The van der Waals surface area contributed by atoms with Crippen LogP contribution in [0.25, 0.3) is 0 Å². The van der Waals surface area contributed by atoms with E-state index in [4.69, 9.17) is 10.6 Å². The maximum Gasteiger partial charge on any atom is 0.259 e. The first-order valence-corrected chi connectivity index (χ1v) is 5.71. The van der Waals surface area contributed by atoms with Gasteiger partial charge in [-0.05, 0) is 18.2 Å². The van der Waals surface area contributed by atoms with E-state index < -0.39 is 11.7 Å². The molecular weight excluding hydrogens is 263 g/mol. The summed E-state index contributed by atoms with van der Waals surface area (Å²) in [5.41, 5.74) is 3.45. The monoisotopic (exact) mass is 276 g/mol. The van der Waals surface area contributed by atoms with Gasteiger partial charge >= 0.3 is 0 Å². The molecule has 1 amide bonds. The lowest BCUT2D eigenvalue weighted by Gasteiger charge is -2.11. The highest BCUT2D eigenvalue weighted by molar-refractivity contribution is 6.08. The van der Waals surface area contributed by atoms with Crippen molar-refractivity contribution in [2.75, 3.05) is 17.9 Å². The Morgan fingerprint density at radius 2 is 2.15 bits per heavy atom. The number of pyridine rings is 1. The molecule has 0 radical (unpaired) electrons. The first-order chi connectivity index (χ1) is 9.65. The molecule has 0 bridgehead atoms. The number of hydrogen-bond donors (Lipinski definition) is 3. The number of aromatic nitrogens is 1. The van der Waals surface area contributed by atoms with Gasteiger partial charge in [-0.1, -0.05) is 0 Å². The zero-order chi connectivity index (χ0) is 14.5. The number of amides is 1. The molecule has 0 fully saturated rings. The van der Waals surface area contributed by atoms with Gasteiger partial charge in [0.2, 0.25) is 0 Å². The minimum atomic E-state index is -0.453. The standard InChI is InChI=1S/C13H13FN4O2/c1-20-12-6-8(14)2-3-11(12)17-13(19)9-7-16-5-4-10(9)18-15/h2-7H,15H2,1H3,(H,16,18)(H,17,19). The topological polar surface area (TPSA) is 89.3 Å². The summed E-state index contributed by atoms with van der Waals surface area (Å²) in [6.07, 6.45) is 2.88. The summed E-state index contributed by atoms with van der Waals surface area (Å²) in [4.78, 5) is 16.0. The third-order valence-corrected chi connectivity index (χ3v) is 2.63. The molecule has 1 heterocycles. The summed E-state index contributed by atoms with van der Waals surface area (Å²) in [7, 11) is 1.39. The van der Waals surface area contributed by atoms with E-state index in [9.17, 15) is 9.18 Å². The maximum absolute atomic E-state index is 13.1. The largest absolute Gasteiger partial charge is 0.494 e. The lowest BCUT2D eigenvalue weighted by molar-refractivity contribution is 0.102. The zero-order valence-corrected chi connectivity index (χ0v) is 10.7. The van der Waals surface area contributed by atoms with Gasteiger partial charge in [-0.2, -0.15) is 0 Å². The molecule has 0 aliphatic heterocycles. The number of rotatable bonds is 4. The lowest BCUT2D eigenvalue weighted by Crippen LogP contribution is -2.17. The molecule has 1 aromatic heterocycles. The molecule has 4 N–H and O–H groups in total. The molecule has 0 saturated heterocycles. The Morgan fingerprint density at radius 3 is 2.85 bits per heavy atom. The number of carbonyl (C=O) groups excluding carboxylic acids is 1. The SMILES string of the molecule is COc1cc(F)ccc1NC(=O)c1cnccc1NN.